The Morgan fingerprint density at radius 3 is 1.53 bits per heavy atom. The number of nitrogens with two attached hydrogens (primary N) is 1. The van der Waals surface area contributed by atoms with Gasteiger partial charge >= 0.3 is 30.0 Å². The fourth-order valence-electron chi connectivity index (χ4n) is 2.45. The van der Waals surface area contributed by atoms with Gasteiger partial charge in [-0.1, -0.05) is 0 Å². The molecule has 0 unspecified atom stereocenters. The van der Waals surface area contributed by atoms with Gasteiger partial charge < -0.3 is 29.4 Å². The van der Waals surface area contributed by atoms with E-state index in [1.807, 2.05) is 5.48 Å². The van der Waals surface area contributed by atoms with Crippen LogP contribution >= 0.6 is 0 Å². The van der Waals surface area contributed by atoms with E-state index < -0.39 is 66.6 Å². The average Bonchev–Trinajstić information content (AvgIpc) is 2.59. The van der Waals surface area contributed by atoms with E-state index in [1.54, 1.807) is 20.8 Å². The van der Waals surface area contributed by atoms with Crippen LogP contribution in [-0.2, 0) is 47.7 Å². The first-order chi connectivity index (χ1) is 14.7. The molecule has 184 valence electrons. The van der Waals surface area contributed by atoms with Crippen molar-refractivity contribution >= 4 is 30.0 Å². The Balaban J connectivity index is 5.82. The molecule has 0 spiro atoms. The summed E-state index contributed by atoms with van der Waals surface area (Å²) < 4.78 is 25.6. The van der Waals surface area contributed by atoms with E-state index in [2.05, 4.69) is 0 Å². The molecule has 0 saturated carbocycles. The molecule has 1 amide bonds. The third-order valence-corrected chi connectivity index (χ3v) is 3.33. The van der Waals surface area contributed by atoms with Crippen LogP contribution in [0.4, 0.5) is 4.79 Å². The van der Waals surface area contributed by atoms with Crippen LogP contribution in [0.3, 0.4) is 0 Å². The van der Waals surface area contributed by atoms with Crippen molar-refractivity contribution in [3.8, 4) is 0 Å². The van der Waals surface area contributed by atoms with Crippen molar-refractivity contribution in [3.05, 3.63) is 0 Å². The first kappa shape index (κ1) is 29.1. The van der Waals surface area contributed by atoms with Crippen LogP contribution in [-0.4, -0.2) is 73.1 Å². The summed E-state index contributed by atoms with van der Waals surface area (Å²) in [7, 11) is 0. The number of esters is 4. The maximum Gasteiger partial charge on any atom is 0.431 e. The van der Waals surface area contributed by atoms with Crippen molar-refractivity contribution in [1.82, 2.24) is 5.48 Å². The van der Waals surface area contributed by atoms with Crippen LogP contribution in [0.1, 0.15) is 48.5 Å². The first-order valence-electron chi connectivity index (χ1n) is 9.66. The zero-order chi connectivity index (χ0) is 25.1. The summed E-state index contributed by atoms with van der Waals surface area (Å²) in [6.45, 7) is 8.35. The van der Waals surface area contributed by atoms with Crippen molar-refractivity contribution in [2.45, 2.75) is 78.5 Å². The second-order valence-corrected chi connectivity index (χ2v) is 7.59. The van der Waals surface area contributed by atoms with Gasteiger partial charge in [-0.2, -0.15) is 5.48 Å². The molecule has 0 aromatic rings. The highest BCUT2D eigenvalue weighted by molar-refractivity contribution is 5.69. The van der Waals surface area contributed by atoms with Crippen molar-refractivity contribution < 1.29 is 52.5 Å². The smallest absolute Gasteiger partial charge is 0.431 e. The molecule has 32 heavy (non-hydrogen) atoms. The van der Waals surface area contributed by atoms with E-state index in [9.17, 15) is 24.0 Å². The molecule has 0 aromatic carbocycles. The van der Waals surface area contributed by atoms with E-state index in [0.717, 1.165) is 27.7 Å². The van der Waals surface area contributed by atoms with Crippen LogP contribution in [0.2, 0.25) is 0 Å². The first-order valence-corrected chi connectivity index (χ1v) is 9.66. The van der Waals surface area contributed by atoms with Gasteiger partial charge in [0.25, 0.3) is 0 Å². The highest BCUT2D eigenvalue weighted by Gasteiger charge is 2.43. The van der Waals surface area contributed by atoms with Gasteiger partial charge in [0.2, 0.25) is 0 Å². The summed E-state index contributed by atoms with van der Waals surface area (Å²) in [4.78, 5) is 63.3. The SMILES string of the molecule is CC(=O)O[C@@H]([C@H](OC(C)=O)[C@@H](CONC(=O)OC(C)(C)C)OC(C)=O)[C@@H](CN)OC(C)=O. The summed E-state index contributed by atoms with van der Waals surface area (Å²) in [5.41, 5.74) is 6.84. The highest BCUT2D eigenvalue weighted by Crippen LogP contribution is 2.19. The summed E-state index contributed by atoms with van der Waals surface area (Å²) in [6.07, 6.45) is -6.55. The Labute approximate surface area is 186 Å². The van der Waals surface area contributed by atoms with E-state index >= 15 is 0 Å². The van der Waals surface area contributed by atoms with E-state index in [-0.39, 0.29) is 6.54 Å². The van der Waals surface area contributed by atoms with E-state index in [4.69, 9.17) is 34.3 Å². The molecular formula is C19H32N2O11. The predicted octanol–water partition coefficient (Wildman–Crippen LogP) is 0.128. The molecule has 13 nitrogen and oxygen atoms in total. The summed E-state index contributed by atoms with van der Waals surface area (Å²) in [6, 6.07) is 0. The van der Waals surface area contributed by atoms with Crippen molar-refractivity contribution in [1.29, 1.82) is 0 Å². The van der Waals surface area contributed by atoms with Crippen LogP contribution in [0, 0.1) is 0 Å². The second kappa shape index (κ2) is 13.5. The maximum absolute atomic E-state index is 11.8. The number of hydroxylamine groups is 1. The Hall–Kier alpha value is -2.93. The lowest BCUT2D eigenvalue weighted by Gasteiger charge is -2.35. The van der Waals surface area contributed by atoms with Gasteiger partial charge in [0.1, 0.15) is 12.2 Å². The maximum atomic E-state index is 11.8. The summed E-state index contributed by atoms with van der Waals surface area (Å²) >= 11 is 0. The van der Waals surface area contributed by atoms with Gasteiger partial charge in [-0.3, -0.25) is 24.0 Å². The zero-order valence-electron chi connectivity index (χ0n) is 19.3. The minimum absolute atomic E-state index is 0.320. The number of carbonyl (C=O) groups excluding carboxylic acids is 5. The quantitative estimate of drug-likeness (QED) is 0.240. The van der Waals surface area contributed by atoms with Gasteiger partial charge in [0.05, 0.1) is 0 Å². The summed E-state index contributed by atoms with van der Waals surface area (Å²) in [5, 5.41) is 0. The Bertz CT molecular complexity index is 675. The topological polar surface area (TPSA) is 179 Å². The average molecular weight is 464 g/mol. The minimum atomic E-state index is -1.51. The normalized spacial score (nSPS) is 14.8. The molecule has 0 heterocycles. The predicted molar refractivity (Wildman–Crippen MR) is 107 cm³/mol. The number of rotatable bonds is 11. The lowest BCUT2D eigenvalue weighted by atomic mass is 10.0. The van der Waals surface area contributed by atoms with Crippen LogP contribution in [0.5, 0.6) is 0 Å². The van der Waals surface area contributed by atoms with Gasteiger partial charge in [-0.05, 0) is 20.8 Å². The van der Waals surface area contributed by atoms with E-state index in [0.29, 0.717) is 0 Å². The third kappa shape index (κ3) is 12.7. The number of hydrogen-bond donors (Lipinski definition) is 2. The molecule has 0 bridgehead atoms. The molecule has 4 atom stereocenters. The fraction of sp³-hybridized carbons (Fsp3) is 0.737. The molecule has 3 N–H and O–H groups in total. The number of amides is 1. The summed E-state index contributed by atoms with van der Waals surface area (Å²) in [5.74, 6) is -3.19. The van der Waals surface area contributed by atoms with Gasteiger partial charge in [0.15, 0.2) is 24.4 Å². The molecule has 13 heteroatoms. The van der Waals surface area contributed by atoms with Crippen LogP contribution in [0.25, 0.3) is 0 Å². The Morgan fingerprint density at radius 2 is 1.16 bits per heavy atom. The lowest BCUT2D eigenvalue weighted by molar-refractivity contribution is -0.203. The van der Waals surface area contributed by atoms with Crippen LogP contribution < -0.4 is 11.2 Å². The van der Waals surface area contributed by atoms with Gasteiger partial charge in [-0.15, -0.1) is 0 Å². The largest absolute Gasteiger partial charge is 0.457 e. The zero-order valence-corrected chi connectivity index (χ0v) is 19.3. The Morgan fingerprint density at radius 1 is 0.750 bits per heavy atom. The van der Waals surface area contributed by atoms with E-state index in [1.165, 1.54) is 0 Å². The van der Waals surface area contributed by atoms with Crippen molar-refractivity contribution in [2.75, 3.05) is 13.2 Å². The molecular weight excluding hydrogens is 432 g/mol. The molecule has 0 saturated heterocycles. The second-order valence-electron chi connectivity index (χ2n) is 7.59. The van der Waals surface area contributed by atoms with Crippen molar-refractivity contribution in [3.63, 3.8) is 0 Å². The molecule has 0 rings (SSSR count). The standard InChI is InChI=1S/C19H32N2O11/c1-10(22)28-14(8-20)16(30-12(3)24)17(31-13(4)25)15(29-11(2)23)9-27-21-18(26)32-19(5,6)7/h14-17H,8-9,20H2,1-7H3,(H,21,26)/t14-,15-,16-,17-/m1/s1. The third-order valence-electron chi connectivity index (χ3n) is 3.33. The minimum Gasteiger partial charge on any atom is -0.457 e. The number of nitrogens with one attached hydrogen (secondary N) is 1. The van der Waals surface area contributed by atoms with Gasteiger partial charge in [0, 0.05) is 34.2 Å². The van der Waals surface area contributed by atoms with Gasteiger partial charge in [-0.25, -0.2) is 4.79 Å². The highest BCUT2D eigenvalue weighted by atomic mass is 16.7. The molecule has 0 aliphatic carbocycles. The van der Waals surface area contributed by atoms with Crippen LogP contribution in [0.15, 0.2) is 0 Å². The lowest BCUT2D eigenvalue weighted by Crippen LogP contribution is -2.55. The molecule has 0 aliphatic rings. The molecule has 0 radical (unpaired) electrons. The fourth-order valence-corrected chi connectivity index (χ4v) is 2.45. The molecule has 0 aliphatic heterocycles. The molecule has 0 fully saturated rings. The number of carbonyl (C=O) groups is 5. The molecule has 0 aromatic heterocycles. The monoisotopic (exact) mass is 464 g/mol. The number of hydrogen-bond acceptors (Lipinski definition) is 12. The number of ether oxygens (including phenoxy) is 5. The Kier molecular flexibility index (Phi) is 12.2. The van der Waals surface area contributed by atoms with Crippen molar-refractivity contribution in [2.24, 2.45) is 5.73 Å².